The molecule has 1 aromatic carbocycles. The number of anilines is 2. The largest absolute Gasteiger partial charge is 0.495 e. The van der Waals surface area contributed by atoms with Crippen LogP contribution in [0.1, 0.15) is 5.82 Å². The lowest BCUT2D eigenvalue weighted by Gasteiger charge is -2.12. The molecule has 0 saturated carbocycles. The first kappa shape index (κ1) is 21.2. The Labute approximate surface area is 160 Å². The molecule has 0 unspecified atom stereocenters. The standard InChI is InChI=1S/C13H15ClN4O7S2/c1-8-15-12(14)18-13(16-8)17-10-7-9(3-4-11(10)24-2)26(19,20)6-5-25-27(21,22)23/h3-4,7H,5-6H2,1-2H3,(H,21,22,23)(H,15,16,17,18). The number of halogens is 1. The van der Waals surface area contributed by atoms with E-state index in [2.05, 4.69) is 24.5 Å². The Morgan fingerprint density at radius 3 is 2.48 bits per heavy atom. The molecule has 0 radical (unpaired) electrons. The Morgan fingerprint density at radius 2 is 1.89 bits per heavy atom. The first-order chi connectivity index (χ1) is 12.5. The van der Waals surface area contributed by atoms with E-state index in [9.17, 15) is 16.8 Å². The number of methoxy groups -OCH3 is 1. The Balaban J connectivity index is 2.31. The zero-order chi connectivity index (χ0) is 20.2. The average Bonchev–Trinajstić information content (AvgIpc) is 2.52. The highest BCUT2D eigenvalue weighted by Gasteiger charge is 2.19. The van der Waals surface area contributed by atoms with Crippen molar-refractivity contribution in [2.24, 2.45) is 0 Å². The third-order valence-electron chi connectivity index (χ3n) is 3.08. The molecule has 0 aliphatic rings. The van der Waals surface area contributed by atoms with Crippen LogP contribution in [0.5, 0.6) is 5.75 Å². The first-order valence-corrected chi connectivity index (χ1v) is 10.6. The molecule has 0 aliphatic carbocycles. The van der Waals surface area contributed by atoms with Gasteiger partial charge in [-0.05, 0) is 36.7 Å². The maximum absolute atomic E-state index is 12.3. The monoisotopic (exact) mass is 438 g/mol. The third kappa shape index (κ3) is 6.25. The van der Waals surface area contributed by atoms with E-state index in [1.54, 1.807) is 6.92 Å². The van der Waals surface area contributed by atoms with Gasteiger partial charge in [-0.15, -0.1) is 0 Å². The van der Waals surface area contributed by atoms with Crippen molar-refractivity contribution in [3.63, 3.8) is 0 Å². The van der Waals surface area contributed by atoms with Crippen LogP contribution in [0.2, 0.25) is 5.28 Å². The summed E-state index contributed by atoms with van der Waals surface area (Å²) in [6.07, 6.45) is 0. The van der Waals surface area contributed by atoms with Gasteiger partial charge < -0.3 is 10.1 Å². The van der Waals surface area contributed by atoms with E-state index in [-0.39, 0.29) is 21.8 Å². The van der Waals surface area contributed by atoms with E-state index >= 15 is 0 Å². The minimum absolute atomic E-state index is 0.0462. The number of benzene rings is 1. The molecule has 0 amide bonds. The van der Waals surface area contributed by atoms with Gasteiger partial charge in [-0.3, -0.25) is 4.55 Å². The summed E-state index contributed by atoms with van der Waals surface area (Å²) in [6.45, 7) is 0.865. The molecule has 1 heterocycles. The summed E-state index contributed by atoms with van der Waals surface area (Å²) in [5, 5.41) is 2.75. The number of ether oxygens (including phenoxy) is 1. The van der Waals surface area contributed by atoms with Gasteiger partial charge in [-0.1, -0.05) is 0 Å². The second-order valence-electron chi connectivity index (χ2n) is 5.03. The molecular formula is C13H15ClN4O7S2. The van der Waals surface area contributed by atoms with Crippen LogP contribution in [0.25, 0.3) is 0 Å². The van der Waals surface area contributed by atoms with E-state index < -0.39 is 32.6 Å². The molecule has 2 rings (SSSR count). The molecule has 0 saturated heterocycles. The van der Waals surface area contributed by atoms with Gasteiger partial charge in [0.05, 0.1) is 30.1 Å². The Bertz CT molecular complexity index is 1020. The quantitative estimate of drug-likeness (QED) is 0.570. The van der Waals surface area contributed by atoms with Crippen molar-refractivity contribution in [2.45, 2.75) is 11.8 Å². The van der Waals surface area contributed by atoms with Crippen molar-refractivity contribution < 1.29 is 30.3 Å². The molecule has 0 bridgehead atoms. The zero-order valence-electron chi connectivity index (χ0n) is 14.1. The molecule has 0 spiro atoms. The lowest BCUT2D eigenvalue weighted by Crippen LogP contribution is -2.15. The maximum atomic E-state index is 12.3. The van der Waals surface area contributed by atoms with Gasteiger partial charge in [0.2, 0.25) is 11.2 Å². The number of nitrogens with one attached hydrogen (secondary N) is 1. The molecule has 2 N–H and O–H groups in total. The highest BCUT2D eigenvalue weighted by molar-refractivity contribution is 7.91. The minimum atomic E-state index is -4.73. The lowest BCUT2D eigenvalue weighted by atomic mass is 10.3. The number of sulfone groups is 1. The van der Waals surface area contributed by atoms with Crippen molar-refractivity contribution in [2.75, 3.05) is 24.8 Å². The molecule has 0 fully saturated rings. The van der Waals surface area contributed by atoms with Crippen LogP contribution in [0.15, 0.2) is 23.1 Å². The summed E-state index contributed by atoms with van der Waals surface area (Å²) in [4.78, 5) is 11.6. The van der Waals surface area contributed by atoms with Gasteiger partial charge in [0.1, 0.15) is 11.6 Å². The van der Waals surface area contributed by atoms with Crippen LogP contribution in [0, 0.1) is 6.92 Å². The minimum Gasteiger partial charge on any atom is -0.495 e. The number of aryl methyl sites for hydroxylation is 1. The fourth-order valence-electron chi connectivity index (χ4n) is 1.97. The van der Waals surface area contributed by atoms with Crippen molar-refractivity contribution in [1.82, 2.24) is 15.0 Å². The molecule has 11 nitrogen and oxygen atoms in total. The first-order valence-electron chi connectivity index (χ1n) is 7.18. The second kappa shape index (κ2) is 8.31. The zero-order valence-corrected chi connectivity index (χ0v) is 16.5. The van der Waals surface area contributed by atoms with Crippen LogP contribution >= 0.6 is 11.6 Å². The molecule has 0 atom stereocenters. The molecular weight excluding hydrogens is 424 g/mol. The number of aromatic nitrogens is 3. The summed E-state index contributed by atoms with van der Waals surface area (Å²) >= 11 is 5.78. The summed E-state index contributed by atoms with van der Waals surface area (Å²) in [5.41, 5.74) is 0.232. The summed E-state index contributed by atoms with van der Waals surface area (Å²) in [6, 6.07) is 3.93. The smallest absolute Gasteiger partial charge is 0.397 e. The average molecular weight is 439 g/mol. The van der Waals surface area contributed by atoms with E-state index in [0.29, 0.717) is 11.6 Å². The highest BCUT2D eigenvalue weighted by Crippen LogP contribution is 2.30. The molecule has 27 heavy (non-hydrogen) atoms. The predicted molar refractivity (Wildman–Crippen MR) is 95.4 cm³/mol. The number of nitrogens with zero attached hydrogens (tertiary/aromatic N) is 3. The van der Waals surface area contributed by atoms with Gasteiger partial charge >= 0.3 is 10.4 Å². The van der Waals surface area contributed by atoms with Crippen molar-refractivity contribution >= 4 is 43.5 Å². The van der Waals surface area contributed by atoms with Crippen molar-refractivity contribution in [3.05, 3.63) is 29.3 Å². The van der Waals surface area contributed by atoms with Crippen LogP contribution in [0.4, 0.5) is 11.6 Å². The third-order valence-corrected chi connectivity index (χ3v) is 5.39. The molecule has 148 valence electrons. The van der Waals surface area contributed by atoms with E-state index in [4.69, 9.17) is 20.9 Å². The highest BCUT2D eigenvalue weighted by atomic mass is 35.5. The summed E-state index contributed by atoms with van der Waals surface area (Å²) in [5.74, 6) is 0.0601. The van der Waals surface area contributed by atoms with Crippen molar-refractivity contribution in [3.8, 4) is 5.75 Å². The van der Waals surface area contributed by atoms with Crippen LogP contribution in [0.3, 0.4) is 0 Å². The van der Waals surface area contributed by atoms with Gasteiger partial charge in [0, 0.05) is 0 Å². The van der Waals surface area contributed by atoms with Gasteiger partial charge in [0.25, 0.3) is 0 Å². The fourth-order valence-corrected chi connectivity index (χ4v) is 3.68. The number of hydrogen-bond donors (Lipinski definition) is 2. The topological polar surface area (TPSA) is 158 Å². The number of hydrogen-bond acceptors (Lipinski definition) is 10. The fraction of sp³-hybridized carbons (Fsp3) is 0.308. The van der Waals surface area contributed by atoms with Gasteiger partial charge in [0.15, 0.2) is 9.84 Å². The molecule has 1 aromatic heterocycles. The van der Waals surface area contributed by atoms with Crippen LogP contribution < -0.4 is 10.1 Å². The SMILES string of the molecule is COc1ccc(S(=O)(=O)CCOS(=O)(=O)O)cc1Nc1nc(C)nc(Cl)n1. The van der Waals surface area contributed by atoms with Crippen LogP contribution in [-0.2, 0) is 24.4 Å². The van der Waals surface area contributed by atoms with E-state index in [1.165, 1.54) is 25.3 Å². The van der Waals surface area contributed by atoms with Gasteiger partial charge in [-0.2, -0.15) is 18.4 Å². The van der Waals surface area contributed by atoms with E-state index in [1.807, 2.05) is 0 Å². The predicted octanol–water partition coefficient (Wildman–Crippen LogP) is 1.18. The second-order valence-corrected chi connectivity index (χ2v) is 8.57. The van der Waals surface area contributed by atoms with Gasteiger partial charge in [-0.25, -0.2) is 17.6 Å². The Hall–Kier alpha value is -2.06. The molecule has 2 aromatic rings. The van der Waals surface area contributed by atoms with Crippen LogP contribution in [-0.4, -0.2) is 55.8 Å². The molecule has 14 heteroatoms. The number of rotatable bonds is 8. The Kier molecular flexibility index (Phi) is 6.54. The maximum Gasteiger partial charge on any atom is 0.397 e. The normalized spacial score (nSPS) is 12.0. The summed E-state index contributed by atoms with van der Waals surface area (Å²) in [7, 11) is -7.25. The summed E-state index contributed by atoms with van der Waals surface area (Å²) < 4.78 is 63.5. The Morgan fingerprint density at radius 1 is 1.19 bits per heavy atom. The lowest BCUT2D eigenvalue weighted by molar-refractivity contribution is 0.284. The molecule has 0 aliphatic heterocycles. The van der Waals surface area contributed by atoms with E-state index in [0.717, 1.165) is 0 Å². The van der Waals surface area contributed by atoms with Crippen molar-refractivity contribution in [1.29, 1.82) is 0 Å².